The Labute approximate surface area is 87.5 Å². The summed E-state index contributed by atoms with van der Waals surface area (Å²) in [4.78, 5) is 4.10. The van der Waals surface area contributed by atoms with Gasteiger partial charge in [0.2, 0.25) is 0 Å². The van der Waals surface area contributed by atoms with Crippen molar-refractivity contribution in [3.63, 3.8) is 0 Å². The van der Waals surface area contributed by atoms with Gasteiger partial charge in [-0.15, -0.1) is 10.2 Å². The molecule has 2 aromatic rings. The lowest BCUT2D eigenvalue weighted by Gasteiger charge is -2.12. The normalized spacial score (nSPS) is 26.2. The molecule has 2 unspecified atom stereocenters. The van der Waals surface area contributed by atoms with E-state index in [-0.39, 0.29) is 0 Å². The van der Waals surface area contributed by atoms with Gasteiger partial charge in [0.1, 0.15) is 6.33 Å². The summed E-state index contributed by atoms with van der Waals surface area (Å²) in [5.74, 6) is 1.58. The Bertz CT molecular complexity index is 477. The zero-order valence-corrected chi connectivity index (χ0v) is 8.59. The highest BCUT2D eigenvalue weighted by Gasteiger charge is 2.28. The molecule has 1 saturated heterocycles. The molecule has 0 saturated carbocycles. The van der Waals surface area contributed by atoms with Gasteiger partial charge >= 0.3 is 0 Å². The summed E-state index contributed by atoms with van der Waals surface area (Å²) in [5.41, 5.74) is 0.862. The number of aromatic nitrogens is 4. The third-order valence-electron chi connectivity index (χ3n) is 3.05. The fourth-order valence-electron chi connectivity index (χ4n) is 2.16. The van der Waals surface area contributed by atoms with Crippen molar-refractivity contribution in [2.75, 3.05) is 6.54 Å². The molecule has 15 heavy (non-hydrogen) atoms. The molecule has 0 spiro atoms. The van der Waals surface area contributed by atoms with Crippen LogP contribution in [0.25, 0.3) is 5.65 Å². The monoisotopic (exact) mass is 203 g/mol. The summed E-state index contributed by atoms with van der Waals surface area (Å²) in [6.07, 6.45) is 4.70. The first-order valence-corrected chi connectivity index (χ1v) is 5.24. The van der Waals surface area contributed by atoms with Gasteiger partial charge in [0.15, 0.2) is 11.5 Å². The van der Waals surface area contributed by atoms with Gasteiger partial charge in [-0.3, -0.25) is 4.40 Å². The van der Waals surface area contributed by atoms with Crippen LogP contribution in [0.4, 0.5) is 0 Å². The number of nitrogens with zero attached hydrogens (tertiary/aromatic N) is 4. The summed E-state index contributed by atoms with van der Waals surface area (Å²) in [5, 5.41) is 11.8. The van der Waals surface area contributed by atoms with E-state index in [4.69, 9.17) is 0 Å². The number of nitrogens with one attached hydrogen (secondary N) is 1. The van der Waals surface area contributed by atoms with Crippen LogP contribution in [0.5, 0.6) is 0 Å². The first-order chi connectivity index (χ1) is 7.36. The van der Waals surface area contributed by atoms with Gasteiger partial charge in [-0.2, -0.15) is 0 Å². The smallest absolute Gasteiger partial charge is 0.163 e. The Morgan fingerprint density at radius 2 is 2.40 bits per heavy atom. The molecule has 0 radical (unpaired) electrons. The van der Waals surface area contributed by atoms with E-state index in [1.807, 2.05) is 10.5 Å². The van der Waals surface area contributed by atoms with E-state index in [0.29, 0.717) is 12.0 Å². The molecule has 1 aliphatic heterocycles. The molecular formula is C10H13N5. The zero-order chi connectivity index (χ0) is 10.3. The van der Waals surface area contributed by atoms with Crippen molar-refractivity contribution in [2.45, 2.75) is 19.4 Å². The third kappa shape index (κ3) is 1.31. The van der Waals surface area contributed by atoms with E-state index >= 15 is 0 Å². The van der Waals surface area contributed by atoms with E-state index in [9.17, 15) is 0 Å². The molecule has 78 valence electrons. The first kappa shape index (κ1) is 8.79. The van der Waals surface area contributed by atoms with E-state index in [1.165, 1.54) is 6.42 Å². The van der Waals surface area contributed by atoms with Crippen molar-refractivity contribution in [2.24, 2.45) is 5.92 Å². The van der Waals surface area contributed by atoms with Crippen molar-refractivity contribution in [1.29, 1.82) is 0 Å². The molecule has 2 aromatic heterocycles. The second kappa shape index (κ2) is 3.27. The molecule has 1 N–H and O–H groups in total. The highest BCUT2D eigenvalue weighted by atomic mass is 15.3. The summed E-state index contributed by atoms with van der Waals surface area (Å²) in [6, 6.07) is 2.18. The molecule has 3 heterocycles. The molecule has 1 aliphatic rings. The lowest BCUT2D eigenvalue weighted by Crippen LogP contribution is -2.19. The van der Waals surface area contributed by atoms with Gasteiger partial charge in [0.05, 0.1) is 6.04 Å². The summed E-state index contributed by atoms with van der Waals surface area (Å²) in [7, 11) is 0. The van der Waals surface area contributed by atoms with Crippen LogP contribution in [0.3, 0.4) is 0 Å². The van der Waals surface area contributed by atoms with Crippen molar-refractivity contribution in [1.82, 2.24) is 24.9 Å². The maximum Gasteiger partial charge on any atom is 0.163 e. The molecule has 5 heteroatoms. The number of rotatable bonds is 1. The van der Waals surface area contributed by atoms with Gasteiger partial charge in [0.25, 0.3) is 0 Å². The number of hydrogen-bond acceptors (Lipinski definition) is 4. The number of hydrogen-bond donors (Lipinski definition) is 1. The van der Waals surface area contributed by atoms with Crippen LogP contribution in [-0.2, 0) is 0 Å². The van der Waals surface area contributed by atoms with Gasteiger partial charge < -0.3 is 5.32 Å². The predicted octanol–water partition coefficient (Wildman–Crippen LogP) is 0.795. The second-order valence-corrected chi connectivity index (χ2v) is 4.06. The van der Waals surface area contributed by atoms with Gasteiger partial charge in [0, 0.05) is 12.3 Å². The lowest BCUT2D eigenvalue weighted by atomic mass is 10.0. The van der Waals surface area contributed by atoms with E-state index < -0.39 is 0 Å². The predicted molar refractivity (Wildman–Crippen MR) is 55.3 cm³/mol. The van der Waals surface area contributed by atoms with Crippen LogP contribution in [0.1, 0.15) is 25.2 Å². The minimum Gasteiger partial charge on any atom is -0.307 e. The Kier molecular flexibility index (Phi) is 1.92. The summed E-state index contributed by atoms with van der Waals surface area (Å²) in [6.45, 7) is 3.29. The quantitative estimate of drug-likeness (QED) is 0.744. The highest BCUT2D eigenvalue weighted by Crippen LogP contribution is 2.27. The van der Waals surface area contributed by atoms with Crippen LogP contribution in [-0.4, -0.2) is 26.1 Å². The van der Waals surface area contributed by atoms with E-state index in [0.717, 1.165) is 18.0 Å². The summed E-state index contributed by atoms with van der Waals surface area (Å²) >= 11 is 0. The summed E-state index contributed by atoms with van der Waals surface area (Å²) < 4.78 is 1.96. The number of fused-ring (bicyclic) bond motifs is 1. The molecular weight excluding hydrogens is 190 g/mol. The fourth-order valence-corrected chi connectivity index (χ4v) is 2.16. The average Bonchev–Trinajstić information content (AvgIpc) is 2.83. The van der Waals surface area contributed by atoms with Crippen LogP contribution >= 0.6 is 0 Å². The molecule has 1 fully saturated rings. The maximum absolute atomic E-state index is 4.24. The van der Waals surface area contributed by atoms with Crippen molar-refractivity contribution in [3.05, 3.63) is 24.4 Å². The van der Waals surface area contributed by atoms with Crippen LogP contribution in [0, 0.1) is 5.92 Å². The third-order valence-corrected chi connectivity index (χ3v) is 3.05. The fraction of sp³-hybridized carbons (Fsp3) is 0.500. The SMILES string of the molecule is CC1CCNC1c1nnc2ccncn12. The van der Waals surface area contributed by atoms with Gasteiger partial charge in [-0.1, -0.05) is 6.92 Å². The first-order valence-electron chi connectivity index (χ1n) is 5.24. The molecule has 0 aliphatic carbocycles. The van der Waals surface area contributed by atoms with Crippen LogP contribution < -0.4 is 5.32 Å². The van der Waals surface area contributed by atoms with Gasteiger partial charge in [-0.25, -0.2) is 4.98 Å². The molecule has 0 aromatic carbocycles. The Hall–Kier alpha value is -1.49. The Morgan fingerprint density at radius 1 is 1.47 bits per heavy atom. The van der Waals surface area contributed by atoms with Gasteiger partial charge in [-0.05, 0) is 18.9 Å². The minimum absolute atomic E-state index is 0.309. The van der Waals surface area contributed by atoms with Crippen molar-refractivity contribution >= 4 is 5.65 Å². The molecule has 0 amide bonds. The molecule has 5 nitrogen and oxygen atoms in total. The molecule has 2 atom stereocenters. The maximum atomic E-state index is 4.24. The topological polar surface area (TPSA) is 55.1 Å². The Balaban J connectivity index is 2.10. The highest BCUT2D eigenvalue weighted by molar-refractivity contribution is 5.35. The van der Waals surface area contributed by atoms with E-state index in [1.54, 1.807) is 12.5 Å². The molecule has 0 bridgehead atoms. The minimum atomic E-state index is 0.309. The largest absolute Gasteiger partial charge is 0.307 e. The van der Waals surface area contributed by atoms with Crippen molar-refractivity contribution < 1.29 is 0 Å². The Morgan fingerprint density at radius 3 is 3.20 bits per heavy atom. The van der Waals surface area contributed by atoms with Crippen LogP contribution in [0.15, 0.2) is 18.6 Å². The van der Waals surface area contributed by atoms with E-state index in [2.05, 4.69) is 27.4 Å². The average molecular weight is 203 g/mol. The zero-order valence-electron chi connectivity index (χ0n) is 8.59. The van der Waals surface area contributed by atoms with Crippen molar-refractivity contribution in [3.8, 4) is 0 Å². The standard InChI is InChI=1S/C10H13N5/c1-7-2-5-12-9(7)10-14-13-8-3-4-11-6-15(8)10/h3-4,6-7,9,12H,2,5H2,1H3. The molecule has 3 rings (SSSR count). The second-order valence-electron chi connectivity index (χ2n) is 4.06. The van der Waals surface area contributed by atoms with Crippen LogP contribution in [0.2, 0.25) is 0 Å². The lowest BCUT2D eigenvalue weighted by molar-refractivity contribution is 0.475.